The summed E-state index contributed by atoms with van der Waals surface area (Å²) in [7, 11) is -3.66. The third kappa shape index (κ3) is 4.62. The molecule has 1 aromatic carbocycles. The Hall–Kier alpha value is -1.04. The molecule has 0 spiro atoms. The Kier molecular flexibility index (Phi) is 6.31. The Morgan fingerprint density at radius 2 is 2.04 bits per heavy atom. The van der Waals surface area contributed by atoms with E-state index in [-0.39, 0.29) is 22.4 Å². The Labute approximate surface area is 169 Å². The van der Waals surface area contributed by atoms with E-state index in [1.165, 1.54) is 21.7 Å². The molecule has 0 aliphatic carbocycles. The molecule has 1 saturated heterocycles. The van der Waals surface area contributed by atoms with Gasteiger partial charge >= 0.3 is 0 Å². The predicted octanol–water partition coefficient (Wildman–Crippen LogP) is 2.50. The molecule has 7 nitrogen and oxygen atoms in total. The number of amides is 1. The van der Waals surface area contributed by atoms with E-state index >= 15 is 0 Å². The fourth-order valence-corrected chi connectivity index (χ4v) is 5.58. The lowest BCUT2D eigenvalue weighted by atomic mass is 10.3. The SMILES string of the molecule is O=C(CN1CCN(S(=O)(=O)c2ccc(Br)cc2Cl)CC1)Nc1nccs1. The van der Waals surface area contributed by atoms with Crippen molar-refractivity contribution in [2.24, 2.45) is 0 Å². The lowest BCUT2D eigenvalue weighted by Gasteiger charge is -2.33. The van der Waals surface area contributed by atoms with Gasteiger partial charge in [0.1, 0.15) is 4.90 Å². The minimum absolute atomic E-state index is 0.0947. The Bertz CT molecular complexity index is 884. The molecular weight excluding hydrogens is 464 g/mol. The maximum atomic E-state index is 12.8. The number of sulfonamides is 1. The summed E-state index contributed by atoms with van der Waals surface area (Å²) in [6.07, 6.45) is 1.62. The molecule has 1 fully saturated rings. The number of hydrogen-bond acceptors (Lipinski definition) is 6. The Morgan fingerprint density at radius 1 is 1.31 bits per heavy atom. The number of aromatic nitrogens is 1. The highest BCUT2D eigenvalue weighted by molar-refractivity contribution is 9.10. The second kappa shape index (κ2) is 8.32. The van der Waals surface area contributed by atoms with Crippen LogP contribution in [-0.2, 0) is 14.8 Å². The van der Waals surface area contributed by atoms with Crippen molar-refractivity contribution >= 4 is 59.9 Å². The van der Waals surface area contributed by atoms with E-state index in [4.69, 9.17) is 11.6 Å². The number of halogens is 2. The fraction of sp³-hybridized carbons (Fsp3) is 0.333. The molecule has 26 heavy (non-hydrogen) atoms. The van der Waals surface area contributed by atoms with Crippen molar-refractivity contribution in [3.05, 3.63) is 39.3 Å². The van der Waals surface area contributed by atoms with E-state index in [2.05, 4.69) is 26.2 Å². The van der Waals surface area contributed by atoms with Crippen LogP contribution in [0.25, 0.3) is 0 Å². The highest BCUT2D eigenvalue weighted by Crippen LogP contribution is 2.28. The summed E-state index contributed by atoms with van der Waals surface area (Å²) in [5, 5.41) is 5.25. The van der Waals surface area contributed by atoms with Crippen molar-refractivity contribution in [2.45, 2.75) is 4.90 Å². The van der Waals surface area contributed by atoms with Crippen molar-refractivity contribution in [1.82, 2.24) is 14.2 Å². The Balaban J connectivity index is 1.58. The average molecular weight is 480 g/mol. The normalized spacial score (nSPS) is 16.5. The molecule has 1 amide bonds. The zero-order valence-electron chi connectivity index (χ0n) is 13.6. The molecule has 0 atom stereocenters. The first-order chi connectivity index (χ1) is 12.4. The summed E-state index contributed by atoms with van der Waals surface area (Å²) in [5.74, 6) is -0.160. The summed E-state index contributed by atoms with van der Waals surface area (Å²) >= 11 is 10.7. The summed E-state index contributed by atoms with van der Waals surface area (Å²) in [6.45, 7) is 1.75. The number of piperazine rings is 1. The van der Waals surface area contributed by atoms with Crippen molar-refractivity contribution in [1.29, 1.82) is 0 Å². The summed E-state index contributed by atoms with van der Waals surface area (Å²) in [6, 6.07) is 4.71. The van der Waals surface area contributed by atoms with Gasteiger partial charge < -0.3 is 5.32 Å². The highest BCUT2D eigenvalue weighted by atomic mass is 79.9. The fourth-order valence-electron chi connectivity index (χ4n) is 2.60. The molecule has 0 unspecified atom stereocenters. The van der Waals surface area contributed by atoms with Crippen LogP contribution in [0.3, 0.4) is 0 Å². The highest BCUT2D eigenvalue weighted by Gasteiger charge is 2.30. The number of hydrogen-bond donors (Lipinski definition) is 1. The van der Waals surface area contributed by atoms with E-state index in [1.807, 2.05) is 4.90 Å². The van der Waals surface area contributed by atoms with E-state index in [0.29, 0.717) is 31.3 Å². The minimum Gasteiger partial charge on any atom is -0.301 e. The van der Waals surface area contributed by atoms with Gasteiger partial charge in [-0.15, -0.1) is 11.3 Å². The first-order valence-corrected chi connectivity index (χ1v) is 11.2. The van der Waals surface area contributed by atoms with Gasteiger partial charge in [0, 0.05) is 42.2 Å². The number of anilines is 1. The number of nitrogens with zero attached hydrogens (tertiary/aromatic N) is 3. The van der Waals surface area contributed by atoms with E-state index in [9.17, 15) is 13.2 Å². The molecule has 0 radical (unpaired) electrons. The van der Waals surface area contributed by atoms with Crippen LogP contribution in [-0.4, -0.2) is 61.2 Å². The summed E-state index contributed by atoms with van der Waals surface area (Å²) < 4.78 is 27.7. The average Bonchev–Trinajstić information content (AvgIpc) is 3.07. The van der Waals surface area contributed by atoms with Crippen LogP contribution in [0, 0.1) is 0 Å². The van der Waals surface area contributed by atoms with E-state index in [1.54, 1.807) is 23.7 Å². The molecule has 1 N–H and O–H groups in total. The smallest absolute Gasteiger partial charge is 0.244 e. The molecule has 1 aromatic heterocycles. The number of thiazole rings is 1. The van der Waals surface area contributed by atoms with Crippen LogP contribution in [0.15, 0.2) is 39.1 Å². The van der Waals surface area contributed by atoms with Crippen LogP contribution < -0.4 is 5.32 Å². The molecule has 140 valence electrons. The Morgan fingerprint density at radius 3 is 2.65 bits per heavy atom. The van der Waals surface area contributed by atoms with Crippen LogP contribution in [0.1, 0.15) is 0 Å². The van der Waals surface area contributed by atoms with E-state index < -0.39 is 10.0 Å². The largest absolute Gasteiger partial charge is 0.301 e. The van der Waals surface area contributed by atoms with Crippen molar-refractivity contribution in [3.63, 3.8) is 0 Å². The maximum Gasteiger partial charge on any atom is 0.244 e. The molecule has 11 heteroatoms. The molecular formula is C15H16BrClN4O3S2. The van der Waals surface area contributed by atoms with Crippen LogP contribution in [0.5, 0.6) is 0 Å². The molecule has 2 heterocycles. The molecule has 1 aliphatic rings. The number of benzene rings is 1. The first-order valence-electron chi connectivity index (χ1n) is 7.73. The van der Waals surface area contributed by atoms with Gasteiger partial charge in [-0.3, -0.25) is 9.69 Å². The standard InChI is InChI=1S/C15H16BrClN4O3S2/c16-11-1-2-13(12(17)9-11)26(23,24)21-6-4-20(5-7-21)10-14(22)19-15-18-3-8-25-15/h1-3,8-9H,4-7,10H2,(H,18,19,22). The molecule has 1 aliphatic heterocycles. The second-order valence-corrected chi connectivity index (χ2v) is 9.76. The first kappa shape index (κ1) is 19.7. The van der Waals surface area contributed by atoms with Gasteiger partial charge in [0.2, 0.25) is 15.9 Å². The van der Waals surface area contributed by atoms with Gasteiger partial charge in [-0.25, -0.2) is 13.4 Å². The van der Waals surface area contributed by atoms with Crippen molar-refractivity contribution in [3.8, 4) is 0 Å². The molecule has 0 saturated carbocycles. The number of rotatable bonds is 5. The van der Waals surface area contributed by atoms with Gasteiger partial charge in [0.15, 0.2) is 5.13 Å². The van der Waals surface area contributed by atoms with Crippen molar-refractivity contribution in [2.75, 3.05) is 38.0 Å². The quantitative estimate of drug-likeness (QED) is 0.712. The monoisotopic (exact) mass is 478 g/mol. The summed E-state index contributed by atoms with van der Waals surface area (Å²) in [4.78, 5) is 18.0. The molecule has 3 rings (SSSR count). The third-order valence-electron chi connectivity index (χ3n) is 3.89. The zero-order chi connectivity index (χ0) is 18.7. The van der Waals surface area contributed by atoms with Crippen LogP contribution in [0.4, 0.5) is 5.13 Å². The van der Waals surface area contributed by atoms with Gasteiger partial charge in [0.25, 0.3) is 0 Å². The van der Waals surface area contributed by atoms with Gasteiger partial charge in [-0.1, -0.05) is 27.5 Å². The number of carbonyl (C=O) groups is 1. The van der Waals surface area contributed by atoms with Gasteiger partial charge in [-0.05, 0) is 18.2 Å². The molecule has 0 bridgehead atoms. The van der Waals surface area contributed by atoms with Crippen molar-refractivity contribution < 1.29 is 13.2 Å². The zero-order valence-corrected chi connectivity index (χ0v) is 17.5. The molecule has 2 aromatic rings. The van der Waals surface area contributed by atoms with Gasteiger partial charge in [-0.2, -0.15) is 4.31 Å². The maximum absolute atomic E-state index is 12.8. The van der Waals surface area contributed by atoms with E-state index in [0.717, 1.165) is 4.47 Å². The van der Waals surface area contributed by atoms with Crippen LogP contribution in [0.2, 0.25) is 5.02 Å². The lowest BCUT2D eigenvalue weighted by molar-refractivity contribution is -0.117. The lowest BCUT2D eigenvalue weighted by Crippen LogP contribution is -2.50. The van der Waals surface area contributed by atoms with Gasteiger partial charge in [0.05, 0.1) is 11.6 Å². The topological polar surface area (TPSA) is 82.6 Å². The predicted molar refractivity (Wildman–Crippen MR) is 105 cm³/mol. The minimum atomic E-state index is -3.66. The second-order valence-electron chi connectivity index (χ2n) is 5.64. The number of nitrogens with one attached hydrogen (secondary N) is 1. The van der Waals surface area contributed by atoms with Crippen LogP contribution >= 0.6 is 38.9 Å². The number of carbonyl (C=O) groups excluding carboxylic acids is 1. The summed E-state index contributed by atoms with van der Waals surface area (Å²) in [5.41, 5.74) is 0. The third-order valence-corrected chi connectivity index (χ3v) is 7.45.